The summed E-state index contributed by atoms with van der Waals surface area (Å²) in [6.07, 6.45) is 2.28. The lowest BCUT2D eigenvalue weighted by molar-refractivity contribution is 0.0980. The van der Waals surface area contributed by atoms with Crippen molar-refractivity contribution in [3.63, 3.8) is 0 Å². The highest BCUT2D eigenvalue weighted by Gasteiger charge is 1.99. The molecule has 1 atom stereocenters. The Morgan fingerprint density at radius 3 is 2.41 bits per heavy atom. The van der Waals surface area contributed by atoms with E-state index in [4.69, 9.17) is 15.2 Å². The van der Waals surface area contributed by atoms with Crippen molar-refractivity contribution in [2.24, 2.45) is 5.73 Å². The van der Waals surface area contributed by atoms with Crippen LogP contribution in [0.4, 0.5) is 0 Å². The first-order chi connectivity index (χ1) is 8.24. The summed E-state index contributed by atoms with van der Waals surface area (Å²) in [5, 5.41) is 0. The zero-order valence-electron chi connectivity index (χ0n) is 10.8. The number of unbranched alkanes of at least 4 members (excludes halogenated alkanes) is 1. The Morgan fingerprint density at radius 2 is 1.82 bits per heavy atom. The van der Waals surface area contributed by atoms with E-state index in [2.05, 4.69) is 6.92 Å². The average Bonchev–Trinajstić information content (AvgIpc) is 2.34. The summed E-state index contributed by atoms with van der Waals surface area (Å²) >= 11 is 0. The molecular formula is C14H23NO2. The molecule has 2 N–H and O–H groups in total. The molecule has 3 nitrogen and oxygen atoms in total. The molecule has 0 saturated carbocycles. The second-order valence-electron chi connectivity index (χ2n) is 4.17. The predicted molar refractivity (Wildman–Crippen MR) is 70.3 cm³/mol. The van der Waals surface area contributed by atoms with Gasteiger partial charge in [-0.05, 0) is 31.0 Å². The lowest BCUT2D eigenvalue weighted by atomic mass is 10.1. The van der Waals surface area contributed by atoms with Crippen molar-refractivity contribution in [2.45, 2.75) is 32.7 Å². The minimum atomic E-state index is 0.0708. The van der Waals surface area contributed by atoms with Crippen LogP contribution in [0.5, 0.6) is 5.75 Å². The van der Waals surface area contributed by atoms with Gasteiger partial charge in [0.1, 0.15) is 12.4 Å². The van der Waals surface area contributed by atoms with Crippen molar-refractivity contribution >= 4 is 0 Å². The van der Waals surface area contributed by atoms with Gasteiger partial charge in [-0.3, -0.25) is 0 Å². The van der Waals surface area contributed by atoms with E-state index in [1.165, 1.54) is 6.42 Å². The highest BCUT2D eigenvalue weighted by molar-refractivity contribution is 5.28. The first-order valence-electron chi connectivity index (χ1n) is 6.30. The predicted octanol–water partition coefficient (Wildman–Crippen LogP) is 2.90. The zero-order valence-corrected chi connectivity index (χ0v) is 10.8. The lowest BCUT2D eigenvalue weighted by Gasteiger charge is -2.09. The van der Waals surface area contributed by atoms with Crippen molar-refractivity contribution in [1.82, 2.24) is 0 Å². The molecule has 1 unspecified atom stereocenters. The number of ether oxygens (including phenoxy) is 2. The van der Waals surface area contributed by atoms with Crippen molar-refractivity contribution in [2.75, 3.05) is 19.8 Å². The van der Waals surface area contributed by atoms with Crippen LogP contribution in [0.2, 0.25) is 0 Å². The molecular weight excluding hydrogens is 214 g/mol. The van der Waals surface area contributed by atoms with E-state index in [0.717, 1.165) is 24.3 Å². The van der Waals surface area contributed by atoms with E-state index < -0.39 is 0 Å². The van der Waals surface area contributed by atoms with E-state index in [1.807, 2.05) is 31.2 Å². The second-order valence-corrected chi connectivity index (χ2v) is 4.17. The van der Waals surface area contributed by atoms with Gasteiger partial charge in [0.25, 0.3) is 0 Å². The average molecular weight is 237 g/mol. The van der Waals surface area contributed by atoms with E-state index in [1.54, 1.807) is 0 Å². The molecule has 0 saturated heterocycles. The van der Waals surface area contributed by atoms with Gasteiger partial charge in [0.15, 0.2) is 0 Å². The molecule has 0 fully saturated rings. The molecule has 0 radical (unpaired) electrons. The monoisotopic (exact) mass is 237 g/mol. The molecule has 0 bridgehead atoms. The fourth-order valence-electron chi connectivity index (χ4n) is 1.43. The van der Waals surface area contributed by atoms with Gasteiger partial charge in [-0.2, -0.15) is 0 Å². The number of nitrogens with two attached hydrogens (primary N) is 1. The van der Waals surface area contributed by atoms with Gasteiger partial charge < -0.3 is 15.2 Å². The molecule has 96 valence electrons. The Bertz CT molecular complexity index is 296. The first kappa shape index (κ1) is 14.0. The summed E-state index contributed by atoms with van der Waals surface area (Å²) in [6, 6.07) is 7.96. The van der Waals surface area contributed by atoms with E-state index in [9.17, 15) is 0 Å². The molecule has 0 aliphatic rings. The minimum absolute atomic E-state index is 0.0708. The van der Waals surface area contributed by atoms with Crippen molar-refractivity contribution in [3.8, 4) is 5.75 Å². The quantitative estimate of drug-likeness (QED) is 0.707. The number of hydrogen-bond donors (Lipinski definition) is 1. The molecule has 0 amide bonds. The molecule has 1 aromatic rings. The molecule has 0 aromatic heterocycles. The summed E-state index contributed by atoms with van der Waals surface area (Å²) in [4.78, 5) is 0. The molecule has 0 aliphatic heterocycles. The Hall–Kier alpha value is -1.06. The topological polar surface area (TPSA) is 44.5 Å². The number of rotatable bonds is 8. The largest absolute Gasteiger partial charge is 0.491 e. The van der Waals surface area contributed by atoms with Gasteiger partial charge in [-0.15, -0.1) is 0 Å². The van der Waals surface area contributed by atoms with Gasteiger partial charge in [0.05, 0.1) is 6.61 Å². The smallest absolute Gasteiger partial charge is 0.119 e. The molecule has 0 spiro atoms. The molecule has 3 heteroatoms. The van der Waals surface area contributed by atoms with Crippen LogP contribution in [0.15, 0.2) is 24.3 Å². The summed E-state index contributed by atoms with van der Waals surface area (Å²) in [5.41, 5.74) is 6.89. The van der Waals surface area contributed by atoms with Crippen molar-refractivity contribution in [1.29, 1.82) is 0 Å². The van der Waals surface area contributed by atoms with Gasteiger partial charge in [0, 0.05) is 12.6 Å². The summed E-state index contributed by atoms with van der Waals surface area (Å²) < 4.78 is 11.0. The standard InChI is InChI=1S/C14H23NO2/c1-3-4-9-16-10-11-17-14-7-5-13(6-8-14)12(2)15/h5-8,12H,3-4,9-11,15H2,1-2H3. The fourth-order valence-corrected chi connectivity index (χ4v) is 1.43. The highest BCUT2D eigenvalue weighted by Crippen LogP contribution is 2.15. The SMILES string of the molecule is CCCCOCCOc1ccc(C(C)N)cc1. The summed E-state index contributed by atoms with van der Waals surface area (Å²) in [7, 11) is 0. The molecule has 1 aromatic carbocycles. The van der Waals surface area contributed by atoms with Gasteiger partial charge in [0.2, 0.25) is 0 Å². The van der Waals surface area contributed by atoms with Crippen LogP contribution in [-0.2, 0) is 4.74 Å². The first-order valence-corrected chi connectivity index (χ1v) is 6.30. The van der Waals surface area contributed by atoms with E-state index in [0.29, 0.717) is 13.2 Å². The van der Waals surface area contributed by atoms with Gasteiger partial charge in [-0.1, -0.05) is 25.5 Å². The Balaban J connectivity index is 2.19. The van der Waals surface area contributed by atoms with Gasteiger partial charge >= 0.3 is 0 Å². The third-order valence-electron chi connectivity index (χ3n) is 2.54. The minimum Gasteiger partial charge on any atom is -0.491 e. The number of hydrogen-bond acceptors (Lipinski definition) is 3. The fraction of sp³-hybridized carbons (Fsp3) is 0.571. The maximum Gasteiger partial charge on any atom is 0.119 e. The van der Waals surface area contributed by atoms with E-state index in [-0.39, 0.29) is 6.04 Å². The Morgan fingerprint density at radius 1 is 1.12 bits per heavy atom. The van der Waals surface area contributed by atoms with Crippen LogP contribution in [-0.4, -0.2) is 19.8 Å². The highest BCUT2D eigenvalue weighted by atomic mass is 16.5. The van der Waals surface area contributed by atoms with Crippen LogP contribution in [0.1, 0.15) is 38.3 Å². The third-order valence-corrected chi connectivity index (χ3v) is 2.54. The van der Waals surface area contributed by atoms with Crippen LogP contribution in [0, 0.1) is 0 Å². The van der Waals surface area contributed by atoms with Crippen LogP contribution in [0.25, 0.3) is 0 Å². The maximum absolute atomic E-state index is 5.77. The summed E-state index contributed by atoms with van der Waals surface area (Å²) in [6.45, 7) is 6.19. The normalized spacial score (nSPS) is 12.4. The second kappa shape index (κ2) is 8.09. The molecule has 1 rings (SSSR count). The molecule has 17 heavy (non-hydrogen) atoms. The van der Waals surface area contributed by atoms with Crippen LogP contribution < -0.4 is 10.5 Å². The van der Waals surface area contributed by atoms with Crippen LogP contribution in [0.3, 0.4) is 0 Å². The Kier molecular flexibility index (Phi) is 6.67. The summed E-state index contributed by atoms with van der Waals surface area (Å²) in [5.74, 6) is 0.869. The van der Waals surface area contributed by atoms with Crippen LogP contribution >= 0.6 is 0 Å². The Labute approximate surface area is 104 Å². The zero-order chi connectivity index (χ0) is 12.5. The molecule has 0 heterocycles. The van der Waals surface area contributed by atoms with Crippen molar-refractivity contribution < 1.29 is 9.47 Å². The maximum atomic E-state index is 5.77. The van der Waals surface area contributed by atoms with Gasteiger partial charge in [-0.25, -0.2) is 0 Å². The third kappa shape index (κ3) is 5.71. The lowest BCUT2D eigenvalue weighted by Crippen LogP contribution is -2.08. The molecule has 0 aliphatic carbocycles. The number of benzene rings is 1. The van der Waals surface area contributed by atoms with E-state index >= 15 is 0 Å². The van der Waals surface area contributed by atoms with Crippen molar-refractivity contribution in [3.05, 3.63) is 29.8 Å².